The number of nitrogens with two attached hydrogens (primary N) is 3. The van der Waals surface area contributed by atoms with Crippen molar-refractivity contribution in [3.05, 3.63) is 159 Å². The van der Waals surface area contributed by atoms with Crippen molar-refractivity contribution in [2.24, 2.45) is 15.4 Å². The SMILES string of the molecule is C.NS(=O)(=O)c1cc(C(=O)Cl)ccc1Cl.NS(=O)(=O)c1cc(C(=O)O)ccc1Cl.NS(=O)(=O)c1cc(C(=O)c2ccccc2)ccc1Cl.O=S(Cl)Cl.[Cl][Al]([Cl])[Cl].c1ccccc1. The normalized spacial score (nSPS) is 10.3. The molecular formula is C34H31AlCl9N3O11S4. The number of carboxylic acids is 1. The van der Waals surface area contributed by atoms with Gasteiger partial charge in [0.25, 0.3) is 5.24 Å². The first-order valence-corrected chi connectivity index (χ1v) is 29.4. The van der Waals surface area contributed by atoms with Gasteiger partial charge in [-0.2, -0.15) is 0 Å². The molecule has 0 bridgehead atoms. The summed E-state index contributed by atoms with van der Waals surface area (Å²) >= 11 is 20.3. The molecule has 338 valence electrons. The summed E-state index contributed by atoms with van der Waals surface area (Å²) in [7, 11) is 10.3. The third-order valence-corrected chi connectivity index (χ3v) is 10.5. The molecule has 0 aromatic heterocycles. The zero-order valence-corrected chi connectivity index (χ0v) is 41.1. The van der Waals surface area contributed by atoms with Crippen molar-refractivity contribution in [1.82, 2.24) is 0 Å². The lowest BCUT2D eigenvalue weighted by Gasteiger charge is -2.05. The number of aromatic carboxylic acids is 1. The first-order chi connectivity index (χ1) is 28.0. The molecule has 0 aliphatic carbocycles. The van der Waals surface area contributed by atoms with E-state index in [2.05, 4.69) is 21.4 Å². The second-order valence-electron chi connectivity index (χ2n) is 10.4. The van der Waals surface area contributed by atoms with Gasteiger partial charge in [-0.05, 0) is 66.2 Å². The standard InChI is InChI=1S/C13H10ClNO3S.C7H5Cl2NO3S.C7H6ClNO4S.C6H6.CH4.Al.Cl2OS.3ClH/c14-11-7-6-10(8-12(11)19(15,17)18)13(16)9-4-2-1-3-5-9;8-5-2-1-4(7(9)11)3-6(5)14(10,12)13;8-5-2-1-4(7(10)11)3-6(5)14(9,12)13;1-2-4-6-5-3-1;;;1-4(2)3;;;/h1-8H,(H2,15,17,18);1-3H,(H2,10,12,13);1-3H,(H,10,11)(H2,9,12,13);1-6H;1H4;;;3*1H/q;;;;;+3;;;;/p-3. The summed E-state index contributed by atoms with van der Waals surface area (Å²) < 4.78 is 75.6. The fourth-order valence-electron chi connectivity index (χ4n) is 3.70. The lowest BCUT2D eigenvalue weighted by molar-refractivity contribution is 0.0696. The number of carboxylic acid groups (broad SMARTS) is 1. The highest BCUT2D eigenvalue weighted by Gasteiger charge is 2.18. The van der Waals surface area contributed by atoms with Crippen LogP contribution in [0, 0.1) is 0 Å². The van der Waals surface area contributed by atoms with Crippen molar-refractivity contribution in [1.29, 1.82) is 0 Å². The van der Waals surface area contributed by atoms with Crippen LogP contribution in [0.2, 0.25) is 15.1 Å². The number of hydrogen-bond acceptors (Lipinski definition) is 10. The third-order valence-electron chi connectivity index (χ3n) is 6.15. The number of primary sulfonamides is 3. The Morgan fingerprint density at radius 2 is 0.774 bits per heavy atom. The minimum absolute atomic E-state index is 0. The van der Waals surface area contributed by atoms with Crippen molar-refractivity contribution < 1.29 is 49.0 Å². The van der Waals surface area contributed by atoms with E-state index in [1.165, 1.54) is 42.5 Å². The van der Waals surface area contributed by atoms with Crippen molar-refractivity contribution in [3.8, 4) is 0 Å². The lowest BCUT2D eigenvalue weighted by atomic mass is 10.0. The molecule has 0 unspecified atom stereocenters. The Kier molecular flexibility index (Phi) is 30.2. The van der Waals surface area contributed by atoms with Crippen LogP contribution in [-0.2, 0) is 39.3 Å². The second kappa shape index (κ2) is 30.2. The Hall–Kier alpha value is -2.07. The molecule has 0 aliphatic heterocycles. The summed E-state index contributed by atoms with van der Waals surface area (Å²) in [5, 5.41) is 22.4. The number of ketones is 1. The molecule has 0 atom stereocenters. The van der Waals surface area contributed by atoms with Gasteiger partial charge in [-0.25, -0.2) is 79.8 Å². The zero-order valence-electron chi connectivity index (χ0n) is 29.9. The van der Waals surface area contributed by atoms with Crippen LogP contribution in [0.25, 0.3) is 0 Å². The number of sulfonamides is 3. The highest BCUT2D eigenvalue weighted by molar-refractivity contribution is 8.26. The van der Waals surface area contributed by atoms with Gasteiger partial charge in [0.05, 0.1) is 20.6 Å². The van der Waals surface area contributed by atoms with E-state index < -0.39 is 61.9 Å². The highest BCUT2D eigenvalue weighted by atomic mass is 36.0. The summed E-state index contributed by atoms with van der Waals surface area (Å²) in [5.74, 6) is -1.53. The predicted octanol–water partition coefficient (Wildman–Crippen LogP) is 9.32. The van der Waals surface area contributed by atoms with Gasteiger partial charge in [0.2, 0.25) is 39.3 Å². The number of carbonyl (C=O) groups excluding carboxylic acids is 2. The zero-order chi connectivity index (χ0) is 47.3. The van der Waals surface area contributed by atoms with Crippen molar-refractivity contribution in [3.63, 3.8) is 0 Å². The van der Waals surface area contributed by atoms with Gasteiger partial charge < -0.3 is 5.11 Å². The van der Waals surface area contributed by atoms with Gasteiger partial charge in [-0.3, -0.25) is 9.59 Å². The molecule has 5 aromatic rings. The molecule has 0 heterocycles. The molecular weight excluding hydrogens is 1100 g/mol. The smallest absolute Gasteiger partial charge is 0.478 e. The van der Waals surface area contributed by atoms with Gasteiger partial charge in [0.15, 0.2) is 5.78 Å². The molecule has 7 N–H and O–H groups in total. The molecule has 0 saturated carbocycles. The maximum atomic E-state index is 12.2. The summed E-state index contributed by atoms with van der Waals surface area (Å²) in [6.07, 6.45) is 0. The van der Waals surface area contributed by atoms with Crippen LogP contribution < -0.4 is 15.4 Å². The Morgan fingerprint density at radius 3 is 1.06 bits per heavy atom. The van der Waals surface area contributed by atoms with Gasteiger partial charge >= 0.3 is 17.4 Å². The number of rotatable bonds is 7. The lowest BCUT2D eigenvalue weighted by Crippen LogP contribution is -2.14. The maximum Gasteiger partial charge on any atom is 0.643 e. The molecule has 5 rings (SSSR count). The number of carbonyl (C=O) groups is 3. The minimum atomic E-state index is -3.98. The van der Waals surface area contributed by atoms with Crippen LogP contribution in [0.1, 0.15) is 44.1 Å². The molecule has 0 amide bonds. The molecule has 5 aromatic carbocycles. The van der Waals surface area contributed by atoms with Gasteiger partial charge in [-0.15, -0.1) is 0 Å². The average Bonchev–Trinajstić information content (AvgIpc) is 3.15. The van der Waals surface area contributed by atoms with Crippen molar-refractivity contribution in [2.75, 3.05) is 0 Å². The topological polar surface area (TPSA) is 269 Å². The Morgan fingerprint density at radius 1 is 0.516 bits per heavy atom. The molecule has 0 spiro atoms. The number of benzene rings is 5. The van der Waals surface area contributed by atoms with Crippen molar-refractivity contribution >= 4 is 166 Å². The summed E-state index contributed by atoms with van der Waals surface area (Å²) in [5.41, 5.74) is 0.531. The molecule has 0 radical (unpaired) electrons. The van der Waals surface area contributed by atoms with Crippen LogP contribution >= 0.6 is 97.9 Å². The molecule has 14 nitrogen and oxygen atoms in total. The molecule has 0 aliphatic rings. The maximum absolute atomic E-state index is 12.2. The summed E-state index contributed by atoms with van der Waals surface area (Å²) in [6.45, 7) is 0. The fraction of sp³-hybridized carbons (Fsp3) is 0.0294. The minimum Gasteiger partial charge on any atom is -0.478 e. The van der Waals surface area contributed by atoms with Crippen LogP contribution in [0.3, 0.4) is 0 Å². The van der Waals surface area contributed by atoms with Crippen LogP contribution in [0.15, 0.2) is 136 Å². The summed E-state index contributed by atoms with van der Waals surface area (Å²) in [4.78, 5) is 32.4. The van der Waals surface area contributed by atoms with E-state index in [9.17, 15) is 39.6 Å². The predicted molar refractivity (Wildman–Crippen MR) is 252 cm³/mol. The monoisotopic (exact) mass is 1130 g/mol. The number of hydrogen-bond donors (Lipinski definition) is 4. The van der Waals surface area contributed by atoms with Gasteiger partial charge in [0, 0.05) is 38.1 Å². The first kappa shape index (κ1) is 62.0. The first-order valence-electron chi connectivity index (χ1n) is 15.2. The average molecular weight is 1130 g/mol. The molecule has 28 heteroatoms. The summed E-state index contributed by atoms with van der Waals surface area (Å²) in [6, 6.07) is 31.4. The van der Waals surface area contributed by atoms with E-state index in [1.54, 1.807) is 30.3 Å². The van der Waals surface area contributed by atoms with Crippen LogP contribution in [0.4, 0.5) is 0 Å². The largest absolute Gasteiger partial charge is 0.643 e. The highest BCUT2D eigenvalue weighted by Crippen LogP contribution is 2.24. The van der Waals surface area contributed by atoms with Gasteiger partial charge in [0.1, 0.15) is 14.7 Å². The van der Waals surface area contributed by atoms with E-state index in [-0.39, 0.29) is 59.7 Å². The second-order valence-corrected chi connectivity index (χ2v) is 25.5. The Bertz CT molecular complexity index is 2500. The van der Waals surface area contributed by atoms with E-state index in [1.807, 2.05) is 36.4 Å². The number of halogens is 9. The van der Waals surface area contributed by atoms with Gasteiger partial charge in [-0.1, -0.05) is 109 Å². The van der Waals surface area contributed by atoms with E-state index in [0.29, 0.717) is 5.56 Å². The Balaban J connectivity index is 0. The third kappa shape index (κ3) is 26.0. The molecule has 62 heavy (non-hydrogen) atoms. The molecule has 0 fully saturated rings. The van der Waals surface area contributed by atoms with E-state index in [4.69, 9.17) is 101 Å². The van der Waals surface area contributed by atoms with Crippen molar-refractivity contribution in [2.45, 2.75) is 22.1 Å². The molecule has 0 saturated heterocycles. The van der Waals surface area contributed by atoms with E-state index in [0.717, 1.165) is 12.1 Å². The quantitative estimate of drug-likeness (QED) is 0.0677. The van der Waals surface area contributed by atoms with Crippen LogP contribution in [-0.4, -0.2) is 62.9 Å². The van der Waals surface area contributed by atoms with E-state index >= 15 is 0 Å². The fourth-order valence-corrected chi connectivity index (χ4v) is 7.03. The van der Waals surface area contributed by atoms with Crippen LogP contribution in [0.5, 0.6) is 0 Å². The Labute approximate surface area is 406 Å².